The largest absolute Gasteiger partial charge is 0.452 e. The van der Waals surface area contributed by atoms with Crippen LogP contribution in [0.5, 0.6) is 0 Å². The van der Waals surface area contributed by atoms with Crippen molar-refractivity contribution in [3.8, 4) is 0 Å². The summed E-state index contributed by atoms with van der Waals surface area (Å²) in [6.45, 7) is 2.66. The topological polar surface area (TPSA) is 54.7 Å². The Morgan fingerprint density at radius 2 is 2.20 bits per heavy atom. The molecule has 0 spiro atoms. The molecule has 0 aromatic carbocycles. The lowest BCUT2D eigenvalue weighted by Gasteiger charge is -2.38. The molecule has 0 saturated carbocycles. The van der Waals surface area contributed by atoms with Gasteiger partial charge in [0.05, 0.1) is 18.6 Å². The quantitative estimate of drug-likeness (QED) is 0.887. The Balaban J connectivity index is 2.06. The molecule has 2 rings (SSSR count). The van der Waals surface area contributed by atoms with Crippen molar-refractivity contribution in [2.45, 2.75) is 19.4 Å². The van der Waals surface area contributed by atoms with Gasteiger partial charge in [0, 0.05) is 14.2 Å². The standard InChI is InChI=1S/C14H21BrN2O3/c1-17(9-11-3-4-12(15)20-11)13(18)14(10-19-2)5-7-16-8-6-14/h3-4,16H,5-10H2,1-2H3. The molecule has 1 fully saturated rings. The van der Waals surface area contributed by atoms with Crippen LogP contribution in [0, 0.1) is 5.41 Å². The minimum atomic E-state index is -0.404. The number of ether oxygens (including phenoxy) is 1. The van der Waals surface area contributed by atoms with Crippen LogP contribution >= 0.6 is 15.9 Å². The summed E-state index contributed by atoms with van der Waals surface area (Å²) in [5.74, 6) is 0.905. The van der Waals surface area contributed by atoms with Crippen molar-refractivity contribution in [1.82, 2.24) is 10.2 Å². The third-order valence-electron chi connectivity index (χ3n) is 3.80. The van der Waals surface area contributed by atoms with Crippen LogP contribution in [0.15, 0.2) is 21.2 Å². The SMILES string of the molecule is COCC1(C(=O)N(C)Cc2ccc(Br)o2)CCNCC1. The molecule has 20 heavy (non-hydrogen) atoms. The van der Waals surface area contributed by atoms with Gasteiger partial charge in [-0.25, -0.2) is 0 Å². The molecule has 6 heteroatoms. The second kappa shape index (κ2) is 6.74. The maximum atomic E-state index is 12.8. The number of nitrogens with zero attached hydrogens (tertiary/aromatic N) is 1. The summed E-state index contributed by atoms with van der Waals surface area (Å²) in [6.07, 6.45) is 1.62. The van der Waals surface area contributed by atoms with Gasteiger partial charge in [-0.2, -0.15) is 0 Å². The van der Waals surface area contributed by atoms with Crippen LogP contribution in [0.25, 0.3) is 0 Å². The summed E-state index contributed by atoms with van der Waals surface area (Å²) >= 11 is 3.27. The molecule has 1 aliphatic rings. The molecule has 0 unspecified atom stereocenters. The average Bonchev–Trinajstić information content (AvgIpc) is 2.84. The molecule has 1 aliphatic heterocycles. The van der Waals surface area contributed by atoms with E-state index in [0.717, 1.165) is 31.7 Å². The van der Waals surface area contributed by atoms with Gasteiger partial charge in [0.1, 0.15) is 5.76 Å². The normalized spacial score (nSPS) is 17.9. The van der Waals surface area contributed by atoms with Crippen LogP contribution in [-0.2, 0) is 16.1 Å². The monoisotopic (exact) mass is 344 g/mol. The van der Waals surface area contributed by atoms with Crippen molar-refractivity contribution in [2.24, 2.45) is 5.41 Å². The average molecular weight is 345 g/mol. The number of carbonyl (C=O) groups is 1. The molecule has 0 radical (unpaired) electrons. The highest BCUT2D eigenvalue weighted by Gasteiger charge is 2.41. The van der Waals surface area contributed by atoms with Gasteiger partial charge in [0.15, 0.2) is 4.67 Å². The first-order valence-electron chi connectivity index (χ1n) is 6.77. The van der Waals surface area contributed by atoms with Crippen molar-refractivity contribution < 1.29 is 13.9 Å². The molecule has 1 aromatic rings. The van der Waals surface area contributed by atoms with Crippen molar-refractivity contribution >= 4 is 21.8 Å². The second-order valence-electron chi connectivity index (χ2n) is 5.33. The number of nitrogens with one attached hydrogen (secondary N) is 1. The molecular weight excluding hydrogens is 324 g/mol. The first-order valence-corrected chi connectivity index (χ1v) is 7.56. The molecular formula is C14H21BrN2O3. The molecule has 5 nitrogen and oxygen atoms in total. The summed E-state index contributed by atoms with van der Waals surface area (Å²) in [6, 6.07) is 3.71. The van der Waals surface area contributed by atoms with Crippen molar-refractivity contribution in [1.29, 1.82) is 0 Å². The summed E-state index contributed by atoms with van der Waals surface area (Å²) < 4.78 is 11.5. The summed E-state index contributed by atoms with van der Waals surface area (Å²) in [5, 5.41) is 3.29. The van der Waals surface area contributed by atoms with E-state index in [1.807, 2.05) is 19.2 Å². The Morgan fingerprint density at radius 1 is 1.50 bits per heavy atom. The number of piperidine rings is 1. The maximum Gasteiger partial charge on any atom is 0.231 e. The number of halogens is 1. The van der Waals surface area contributed by atoms with E-state index in [2.05, 4.69) is 21.2 Å². The van der Waals surface area contributed by atoms with E-state index in [4.69, 9.17) is 9.15 Å². The Hall–Kier alpha value is -0.850. The molecule has 2 heterocycles. The van der Waals surface area contributed by atoms with Crippen LogP contribution in [0.1, 0.15) is 18.6 Å². The molecule has 0 aliphatic carbocycles. The smallest absolute Gasteiger partial charge is 0.231 e. The van der Waals surface area contributed by atoms with E-state index in [1.165, 1.54) is 0 Å². The van der Waals surface area contributed by atoms with Crippen LogP contribution in [0.2, 0.25) is 0 Å². The van der Waals surface area contributed by atoms with Crippen LogP contribution in [-0.4, -0.2) is 44.7 Å². The van der Waals surface area contributed by atoms with E-state index in [0.29, 0.717) is 17.8 Å². The van der Waals surface area contributed by atoms with Gasteiger partial charge in [-0.15, -0.1) is 0 Å². The number of rotatable bonds is 5. The first-order chi connectivity index (χ1) is 9.57. The zero-order valence-corrected chi connectivity index (χ0v) is 13.5. The number of hydrogen-bond donors (Lipinski definition) is 1. The Kier molecular flexibility index (Phi) is 5.23. The third kappa shape index (κ3) is 3.42. The molecule has 1 amide bonds. The fourth-order valence-corrected chi connectivity index (χ4v) is 3.09. The predicted octanol–water partition coefficient (Wildman–Crippen LogP) is 2.02. The summed E-state index contributed by atoms with van der Waals surface area (Å²) in [7, 11) is 3.47. The highest BCUT2D eigenvalue weighted by molar-refractivity contribution is 9.10. The van der Waals surface area contributed by atoms with Gasteiger partial charge >= 0.3 is 0 Å². The minimum Gasteiger partial charge on any atom is -0.452 e. The fraction of sp³-hybridized carbons (Fsp3) is 0.643. The highest BCUT2D eigenvalue weighted by Crippen LogP contribution is 2.32. The van der Waals surface area contributed by atoms with Crippen molar-refractivity contribution in [3.05, 3.63) is 22.6 Å². The summed E-state index contributed by atoms with van der Waals surface area (Å²) in [4.78, 5) is 14.5. The lowest BCUT2D eigenvalue weighted by atomic mass is 9.78. The van der Waals surface area contributed by atoms with Gasteiger partial charge < -0.3 is 19.4 Å². The Bertz CT molecular complexity index is 450. The van der Waals surface area contributed by atoms with Crippen molar-refractivity contribution in [2.75, 3.05) is 33.9 Å². The molecule has 0 bridgehead atoms. The number of hydrogen-bond acceptors (Lipinski definition) is 4. The van der Waals surface area contributed by atoms with Crippen molar-refractivity contribution in [3.63, 3.8) is 0 Å². The van der Waals surface area contributed by atoms with E-state index >= 15 is 0 Å². The zero-order chi connectivity index (χ0) is 14.6. The van der Waals surface area contributed by atoms with Gasteiger partial charge in [-0.3, -0.25) is 4.79 Å². The predicted molar refractivity (Wildman–Crippen MR) is 79.3 cm³/mol. The van der Waals surface area contributed by atoms with E-state index in [1.54, 1.807) is 12.0 Å². The van der Waals surface area contributed by atoms with Gasteiger partial charge in [-0.05, 0) is 54.0 Å². The molecule has 112 valence electrons. The highest BCUT2D eigenvalue weighted by atomic mass is 79.9. The Labute approximate surface area is 127 Å². The number of methoxy groups -OCH3 is 1. The first kappa shape index (κ1) is 15.5. The van der Waals surface area contributed by atoms with E-state index in [9.17, 15) is 4.79 Å². The van der Waals surface area contributed by atoms with Gasteiger partial charge in [0.25, 0.3) is 0 Å². The summed E-state index contributed by atoms with van der Waals surface area (Å²) in [5.41, 5.74) is -0.404. The molecule has 1 saturated heterocycles. The van der Waals surface area contributed by atoms with Crippen LogP contribution in [0.3, 0.4) is 0 Å². The van der Waals surface area contributed by atoms with E-state index < -0.39 is 5.41 Å². The lowest BCUT2D eigenvalue weighted by molar-refractivity contribution is -0.147. The third-order valence-corrected chi connectivity index (χ3v) is 4.23. The minimum absolute atomic E-state index is 0.133. The number of furan rings is 1. The van der Waals surface area contributed by atoms with Crippen LogP contribution in [0.4, 0.5) is 0 Å². The van der Waals surface area contributed by atoms with E-state index in [-0.39, 0.29) is 5.91 Å². The van der Waals surface area contributed by atoms with Gasteiger partial charge in [-0.1, -0.05) is 0 Å². The second-order valence-corrected chi connectivity index (χ2v) is 6.11. The molecule has 0 atom stereocenters. The number of amides is 1. The Morgan fingerprint density at radius 3 is 2.75 bits per heavy atom. The lowest BCUT2D eigenvalue weighted by Crippen LogP contribution is -2.50. The number of carbonyl (C=O) groups excluding carboxylic acids is 1. The van der Waals surface area contributed by atoms with Crippen LogP contribution < -0.4 is 5.32 Å². The van der Waals surface area contributed by atoms with Gasteiger partial charge in [0.2, 0.25) is 5.91 Å². The maximum absolute atomic E-state index is 12.8. The fourth-order valence-electron chi connectivity index (χ4n) is 2.75. The molecule has 1 N–H and O–H groups in total. The zero-order valence-electron chi connectivity index (χ0n) is 11.9. The molecule has 1 aromatic heterocycles.